The summed E-state index contributed by atoms with van der Waals surface area (Å²) in [5.41, 5.74) is 1.32. The van der Waals surface area contributed by atoms with Gasteiger partial charge in [0.25, 0.3) is 0 Å². The number of fused-ring (bicyclic) bond motifs is 1. The highest BCUT2D eigenvalue weighted by Crippen LogP contribution is 2.34. The molecule has 4 N–H and O–H groups in total. The summed E-state index contributed by atoms with van der Waals surface area (Å²) in [7, 11) is -3.81. The largest absolute Gasteiger partial charge is 0.359 e. The number of amides is 1. The number of para-hydroxylation sites is 1. The predicted molar refractivity (Wildman–Crippen MR) is 158 cm³/mol. The van der Waals surface area contributed by atoms with Gasteiger partial charge in [-0.3, -0.25) is 9.69 Å². The van der Waals surface area contributed by atoms with Crippen molar-refractivity contribution in [3.63, 3.8) is 0 Å². The Balaban J connectivity index is 1.43. The van der Waals surface area contributed by atoms with Gasteiger partial charge >= 0.3 is 0 Å². The molecule has 4 aromatic rings. The fourth-order valence-electron chi connectivity index (χ4n) is 5.53. The summed E-state index contributed by atoms with van der Waals surface area (Å²) in [6, 6.07) is 9.42. The van der Waals surface area contributed by atoms with Crippen molar-refractivity contribution in [2.75, 3.05) is 30.0 Å². The number of carbonyl (C=O) groups is 1. The van der Waals surface area contributed by atoms with E-state index >= 15 is 4.39 Å². The summed E-state index contributed by atoms with van der Waals surface area (Å²) in [5.74, 6) is -1.95. The van der Waals surface area contributed by atoms with Crippen LogP contribution in [0.15, 0.2) is 53.7 Å². The number of hydrogen-bond donors (Lipinski definition) is 4. The molecule has 0 saturated carbocycles. The number of rotatable bonds is 8. The minimum absolute atomic E-state index is 0.0582. The molecule has 2 aromatic heterocycles. The summed E-state index contributed by atoms with van der Waals surface area (Å²) in [6.07, 6.45) is 4.09. The molecule has 3 atom stereocenters. The van der Waals surface area contributed by atoms with Crippen LogP contribution in [0.3, 0.4) is 0 Å². The molecule has 0 aliphatic carbocycles. The van der Waals surface area contributed by atoms with Crippen LogP contribution in [-0.4, -0.2) is 71.6 Å². The molecule has 1 amide bonds. The number of hydrogen-bond acceptors (Lipinski definition) is 8. The number of benzene rings is 2. The number of H-pyrrole nitrogens is 1. The van der Waals surface area contributed by atoms with E-state index in [1.165, 1.54) is 12.1 Å². The van der Waals surface area contributed by atoms with E-state index in [1.54, 1.807) is 24.4 Å². The third-order valence-corrected chi connectivity index (χ3v) is 8.41. The second-order valence-electron chi connectivity index (χ2n) is 10.7. The van der Waals surface area contributed by atoms with Gasteiger partial charge in [-0.05, 0) is 38.5 Å². The number of sulfone groups is 1. The number of halogens is 2. The van der Waals surface area contributed by atoms with Gasteiger partial charge in [0.1, 0.15) is 10.6 Å². The molecule has 222 valence electrons. The Hall–Kier alpha value is -3.94. The Morgan fingerprint density at radius 2 is 1.81 bits per heavy atom. The lowest BCUT2D eigenvalue weighted by atomic mass is 10.1. The number of carbonyl (C=O) groups excluding carboxylic acids is 1. The van der Waals surface area contributed by atoms with Gasteiger partial charge in [-0.1, -0.05) is 25.1 Å². The van der Waals surface area contributed by atoms with Crippen LogP contribution >= 0.6 is 0 Å². The molecule has 1 aliphatic heterocycles. The van der Waals surface area contributed by atoms with Gasteiger partial charge in [0.15, 0.2) is 21.5 Å². The van der Waals surface area contributed by atoms with Crippen molar-refractivity contribution in [2.45, 2.75) is 50.2 Å². The standard InChI is InChI=1S/C29H33F2N7O3S/c1-5-23(38-14-16(2)34-17(3)15-38)28(39)35-22-10-6-8-18-19(12-32-27(18)22)26-20(30)13-33-29(37-26)36-21-9-7-11-24(25(21)31)42(4,40)41/h6-13,16-17,23,32,34H,5,14-15H2,1-4H3,(H,35,39)(H,33,36,37)/t16-,17-,23+/m1/s1. The molecular formula is C29H33F2N7O3S. The third kappa shape index (κ3) is 5.98. The minimum Gasteiger partial charge on any atom is -0.359 e. The lowest BCUT2D eigenvalue weighted by Crippen LogP contribution is -2.59. The lowest BCUT2D eigenvalue weighted by Gasteiger charge is -2.40. The van der Waals surface area contributed by atoms with E-state index in [-0.39, 0.29) is 41.4 Å². The Bertz CT molecular complexity index is 1730. The maximum Gasteiger partial charge on any atom is 0.241 e. The number of aromatic nitrogens is 3. The monoisotopic (exact) mass is 597 g/mol. The summed E-state index contributed by atoms with van der Waals surface area (Å²) < 4.78 is 53.7. The smallest absolute Gasteiger partial charge is 0.241 e. The van der Waals surface area contributed by atoms with Crippen LogP contribution in [0.2, 0.25) is 0 Å². The summed E-state index contributed by atoms with van der Waals surface area (Å²) in [4.78, 5) is 26.4. The van der Waals surface area contributed by atoms with Crippen LogP contribution in [0.4, 0.5) is 26.1 Å². The first-order chi connectivity index (χ1) is 20.0. The molecule has 1 saturated heterocycles. The maximum atomic E-state index is 15.0. The first kappa shape index (κ1) is 29.5. The number of piperazine rings is 1. The molecular weight excluding hydrogens is 564 g/mol. The Kier molecular flexibility index (Phi) is 8.26. The molecule has 5 rings (SSSR count). The first-order valence-corrected chi connectivity index (χ1v) is 15.5. The number of nitrogens with one attached hydrogen (secondary N) is 4. The molecule has 0 spiro atoms. The van der Waals surface area contributed by atoms with E-state index in [4.69, 9.17) is 0 Å². The van der Waals surface area contributed by atoms with Crippen LogP contribution in [0.5, 0.6) is 0 Å². The molecule has 13 heteroatoms. The van der Waals surface area contributed by atoms with E-state index < -0.39 is 26.4 Å². The highest BCUT2D eigenvalue weighted by molar-refractivity contribution is 7.90. The van der Waals surface area contributed by atoms with Crippen molar-refractivity contribution >= 4 is 44.0 Å². The van der Waals surface area contributed by atoms with Gasteiger partial charge in [0.05, 0.1) is 29.1 Å². The molecule has 3 heterocycles. The zero-order valence-corrected chi connectivity index (χ0v) is 24.5. The number of anilines is 3. The van der Waals surface area contributed by atoms with Crippen LogP contribution < -0.4 is 16.0 Å². The molecule has 0 bridgehead atoms. The maximum absolute atomic E-state index is 15.0. The zero-order valence-electron chi connectivity index (χ0n) is 23.7. The molecule has 1 aliphatic rings. The van der Waals surface area contributed by atoms with Crippen LogP contribution in [0.1, 0.15) is 27.2 Å². The van der Waals surface area contributed by atoms with Crippen molar-refractivity contribution in [3.05, 3.63) is 60.4 Å². The lowest BCUT2D eigenvalue weighted by molar-refractivity contribution is -0.122. The van der Waals surface area contributed by atoms with Crippen molar-refractivity contribution in [2.24, 2.45) is 0 Å². The second kappa shape index (κ2) is 11.7. The summed E-state index contributed by atoms with van der Waals surface area (Å²) in [6.45, 7) is 7.72. The van der Waals surface area contributed by atoms with Crippen LogP contribution in [-0.2, 0) is 14.6 Å². The average Bonchev–Trinajstić information content (AvgIpc) is 3.35. The highest BCUT2D eigenvalue weighted by Gasteiger charge is 2.30. The Labute approximate surface area is 242 Å². The Morgan fingerprint density at radius 3 is 2.50 bits per heavy atom. The SMILES string of the molecule is CC[C@@H](C(=O)Nc1cccc2c(-c3nc(Nc4cccc(S(C)(=O)=O)c4F)ncc3F)c[nH]c12)N1C[C@@H](C)N[C@H](C)C1. The van der Waals surface area contributed by atoms with E-state index in [2.05, 4.69) is 49.6 Å². The fraction of sp³-hybridized carbons (Fsp3) is 0.345. The predicted octanol–water partition coefficient (Wildman–Crippen LogP) is 4.45. The summed E-state index contributed by atoms with van der Waals surface area (Å²) >= 11 is 0. The van der Waals surface area contributed by atoms with Crippen LogP contribution in [0.25, 0.3) is 22.2 Å². The Morgan fingerprint density at radius 1 is 1.12 bits per heavy atom. The van der Waals surface area contributed by atoms with Crippen molar-refractivity contribution < 1.29 is 22.0 Å². The fourth-order valence-corrected chi connectivity index (χ4v) is 6.30. The minimum atomic E-state index is -3.81. The first-order valence-electron chi connectivity index (χ1n) is 13.7. The summed E-state index contributed by atoms with van der Waals surface area (Å²) in [5, 5.41) is 9.80. The van der Waals surface area contributed by atoms with E-state index in [0.29, 0.717) is 28.6 Å². The second-order valence-corrected chi connectivity index (χ2v) is 12.7. The zero-order chi connectivity index (χ0) is 30.2. The number of nitrogens with zero attached hydrogens (tertiary/aromatic N) is 3. The normalized spacial score (nSPS) is 18.6. The molecule has 10 nitrogen and oxygen atoms in total. The highest BCUT2D eigenvalue weighted by atomic mass is 32.2. The van der Waals surface area contributed by atoms with Gasteiger partial charge in [-0.25, -0.2) is 27.2 Å². The number of aromatic amines is 1. The molecule has 2 aromatic carbocycles. The molecule has 1 fully saturated rings. The quantitative estimate of drug-likeness (QED) is 0.234. The van der Waals surface area contributed by atoms with Crippen LogP contribution in [0, 0.1) is 11.6 Å². The third-order valence-electron chi connectivity index (χ3n) is 7.30. The molecule has 0 radical (unpaired) electrons. The van der Waals surface area contributed by atoms with Crippen molar-refractivity contribution in [3.8, 4) is 11.3 Å². The topological polar surface area (TPSA) is 132 Å². The van der Waals surface area contributed by atoms with Crippen molar-refractivity contribution in [1.82, 2.24) is 25.2 Å². The van der Waals surface area contributed by atoms with E-state index in [1.807, 2.05) is 6.92 Å². The molecule has 0 unspecified atom stereocenters. The van der Waals surface area contributed by atoms with Gasteiger partial charge in [-0.2, -0.15) is 0 Å². The van der Waals surface area contributed by atoms with Gasteiger partial charge in [0, 0.05) is 48.6 Å². The van der Waals surface area contributed by atoms with E-state index in [0.717, 1.165) is 31.6 Å². The van der Waals surface area contributed by atoms with Crippen molar-refractivity contribution in [1.29, 1.82) is 0 Å². The van der Waals surface area contributed by atoms with E-state index in [9.17, 15) is 17.6 Å². The van der Waals surface area contributed by atoms with Gasteiger partial charge in [-0.15, -0.1) is 0 Å². The average molecular weight is 598 g/mol. The molecule has 42 heavy (non-hydrogen) atoms. The van der Waals surface area contributed by atoms with Gasteiger partial charge in [0.2, 0.25) is 11.9 Å². The van der Waals surface area contributed by atoms with Gasteiger partial charge < -0.3 is 20.9 Å².